The van der Waals surface area contributed by atoms with Crippen LogP contribution in [0, 0.1) is 0 Å². The Labute approximate surface area is 110 Å². The van der Waals surface area contributed by atoms with Gasteiger partial charge in [0.25, 0.3) is 5.91 Å². The molecule has 2 aromatic rings. The zero-order chi connectivity index (χ0) is 13.5. The molecule has 1 amide bonds. The fourth-order valence-corrected chi connectivity index (χ4v) is 1.61. The second-order valence-electron chi connectivity index (χ2n) is 3.97. The maximum atomic E-state index is 11.8. The molecule has 7 nitrogen and oxygen atoms in total. The number of amides is 1. The first-order valence-corrected chi connectivity index (χ1v) is 6.06. The van der Waals surface area contributed by atoms with Gasteiger partial charge in [0.05, 0.1) is 0 Å². The molecule has 2 rings (SSSR count). The van der Waals surface area contributed by atoms with Gasteiger partial charge in [-0.05, 0) is 18.6 Å². The number of carbonyl (C=O) groups excluding carboxylic acids is 1. The lowest BCUT2D eigenvalue weighted by molar-refractivity contribution is 0.0948. The molecule has 0 aliphatic carbocycles. The topological polar surface area (TPSA) is 95.6 Å². The number of nitrogens with one attached hydrogen (secondary N) is 3. The summed E-state index contributed by atoms with van der Waals surface area (Å²) in [6, 6.07) is 3.52. The molecule has 0 aliphatic rings. The molecule has 0 spiro atoms. The number of hydrogen-bond donors (Lipinski definition) is 3. The number of aromatic nitrogens is 4. The molecule has 2 aromatic heterocycles. The van der Waals surface area contributed by atoms with E-state index >= 15 is 0 Å². The van der Waals surface area contributed by atoms with Gasteiger partial charge >= 0.3 is 0 Å². The fraction of sp³-hybridized carbons (Fsp3) is 0.333. The average molecular weight is 260 g/mol. The van der Waals surface area contributed by atoms with Crippen molar-refractivity contribution in [1.29, 1.82) is 0 Å². The van der Waals surface area contributed by atoms with Crippen molar-refractivity contribution in [3.63, 3.8) is 0 Å². The third-order valence-corrected chi connectivity index (χ3v) is 2.62. The molecule has 0 radical (unpaired) electrons. The number of anilines is 1. The lowest BCUT2D eigenvalue weighted by Gasteiger charge is -2.05. The molecule has 3 N–H and O–H groups in total. The number of H-pyrrole nitrogens is 1. The number of hydrogen-bond acceptors (Lipinski definition) is 5. The summed E-state index contributed by atoms with van der Waals surface area (Å²) in [5.41, 5.74) is 1.27. The highest BCUT2D eigenvalue weighted by atomic mass is 16.1. The van der Waals surface area contributed by atoms with Crippen molar-refractivity contribution in [3.8, 4) is 0 Å². The lowest BCUT2D eigenvalue weighted by atomic mass is 10.2. The van der Waals surface area contributed by atoms with E-state index in [4.69, 9.17) is 0 Å². The molecule has 0 atom stereocenters. The zero-order valence-corrected chi connectivity index (χ0v) is 10.7. The second kappa shape index (κ2) is 6.48. The summed E-state index contributed by atoms with van der Waals surface area (Å²) >= 11 is 0. The van der Waals surface area contributed by atoms with Gasteiger partial charge in [0, 0.05) is 31.9 Å². The van der Waals surface area contributed by atoms with Crippen molar-refractivity contribution in [2.24, 2.45) is 0 Å². The van der Waals surface area contributed by atoms with Gasteiger partial charge in [0.2, 0.25) is 0 Å². The number of pyridine rings is 1. The van der Waals surface area contributed by atoms with Gasteiger partial charge in [-0.1, -0.05) is 0 Å². The van der Waals surface area contributed by atoms with E-state index < -0.39 is 0 Å². The summed E-state index contributed by atoms with van der Waals surface area (Å²) in [6.07, 6.45) is 4.63. The molecule has 0 aromatic carbocycles. The Morgan fingerprint density at radius 1 is 1.42 bits per heavy atom. The summed E-state index contributed by atoms with van der Waals surface area (Å²) in [5, 5.41) is 12.3. The fourth-order valence-electron chi connectivity index (χ4n) is 1.61. The Morgan fingerprint density at radius 2 is 2.32 bits per heavy atom. The maximum Gasteiger partial charge on any atom is 0.269 e. The van der Waals surface area contributed by atoms with Crippen LogP contribution in [-0.2, 0) is 6.42 Å². The lowest BCUT2D eigenvalue weighted by Crippen LogP contribution is -2.25. The predicted octanol–water partition coefficient (Wildman–Crippen LogP) is 0.604. The highest BCUT2D eigenvalue weighted by molar-refractivity contribution is 5.93. The minimum Gasteiger partial charge on any atom is -0.388 e. The Kier molecular flexibility index (Phi) is 4.44. The smallest absolute Gasteiger partial charge is 0.269 e. The van der Waals surface area contributed by atoms with Crippen molar-refractivity contribution >= 4 is 11.6 Å². The average Bonchev–Trinajstić information content (AvgIpc) is 2.96. The van der Waals surface area contributed by atoms with Gasteiger partial charge in [0.1, 0.15) is 17.8 Å². The van der Waals surface area contributed by atoms with E-state index in [9.17, 15) is 4.79 Å². The van der Waals surface area contributed by atoms with Gasteiger partial charge in [-0.2, -0.15) is 5.10 Å². The largest absolute Gasteiger partial charge is 0.388 e. The van der Waals surface area contributed by atoms with Crippen LogP contribution >= 0.6 is 0 Å². The molecule has 0 aliphatic heterocycles. The molecular formula is C12H16N6O. The molecule has 0 saturated carbocycles. The first-order chi connectivity index (χ1) is 9.29. The Balaban J connectivity index is 1.77. The van der Waals surface area contributed by atoms with Crippen molar-refractivity contribution in [3.05, 3.63) is 36.2 Å². The molecule has 2 heterocycles. The Hall–Kier alpha value is -2.44. The Morgan fingerprint density at radius 3 is 3.05 bits per heavy atom. The number of rotatable bonds is 6. The third-order valence-electron chi connectivity index (χ3n) is 2.62. The molecular weight excluding hydrogens is 244 g/mol. The number of aromatic amines is 1. The minimum absolute atomic E-state index is 0.172. The SMILES string of the molecule is CNc1ccnc(C(=O)NCCCc2ncn[nH]2)c1. The van der Waals surface area contributed by atoms with Crippen molar-refractivity contribution in [2.75, 3.05) is 18.9 Å². The van der Waals surface area contributed by atoms with Crippen LogP contribution in [0.25, 0.3) is 0 Å². The van der Waals surface area contributed by atoms with Gasteiger partial charge < -0.3 is 10.6 Å². The normalized spacial score (nSPS) is 10.2. The van der Waals surface area contributed by atoms with E-state index in [-0.39, 0.29) is 5.91 Å². The summed E-state index contributed by atoms with van der Waals surface area (Å²) in [4.78, 5) is 19.9. The number of aryl methyl sites for hydroxylation is 1. The van der Waals surface area contributed by atoms with Gasteiger partial charge in [-0.3, -0.25) is 14.9 Å². The summed E-state index contributed by atoms with van der Waals surface area (Å²) in [6.45, 7) is 0.574. The maximum absolute atomic E-state index is 11.8. The zero-order valence-electron chi connectivity index (χ0n) is 10.7. The van der Waals surface area contributed by atoms with Gasteiger partial charge in [-0.15, -0.1) is 0 Å². The number of carbonyl (C=O) groups is 1. The van der Waals surface area contributed by atoms with Crippen LogP contribution in [0.3, 0.4) is 0 Å². The van der Waals surface area contributed by atoms with E-state index in [0.29, 0.717) is 12.2 Å². The van der Waals surface area contributed by atoms with E-state index in [1.165, 1.54) is 6.33 Å². The first-order valence-electron chi connectivity index (χ1n) is 6.06. The van der Waals surface area contributed by atoms with Gasteiger partial charge in [-0.25, -0.2) is 4.98 Å². The molecule has 0 unspecified atom stereocenters. The monoisotopic (exact) mass is 260 g/mol. The van der Waals surface area contributed by atoms with Crippen LogP contribution in [0.4, 0.5) is 5.69 Å². The molecule has 100 valence electrons. The van der Waals surface area contributed by atoms with E-state index in [2.05, 4.69) is 30.8 Å². The molecule has 0 saturated heterocycles. The van der Waals surface area contributed by atoms with E-state index in [0.717, 1.165) is 24.4 Å². The van der Waals surface area contributed by atoms with Crippen LogP contribution in [0.2, 0.25) is 0 Å². The first kappa shape index (κ1) is 13.0. The third kappa shape index (κ3) is 3.77. The van der Waals surface area contributed by atoms with Crippen molar-refractivity contribution in [2.45, 2.75) is 12.8 Å². The molecule has 0 fully saturated rings. The van der Waals surface area contributed by atoms with Crippen LogP contribution in [0.15, 0.2) is 24.7 Å². The standard InChI is InChI=1S/C12H16N6O/c1-13-9-4-6-14-10(7-9)12(19)15-5-2-3-11-16-8-17-18-11/h4,6-8H,2-3,5H2,1H3,(H,13,14)(H,15,19)(H,16,17,18). The predicted molar refractivity (Wildman–Crippen MR) is 70.8 cm³/mol. The van der Waals surface area contributed by atoms with Gasteiger partial charge in [0.15, 0.2) is 0 Å². The molecule has 7 heteroatoms. The van der Waals surface area contributed by atoms with Crippen LogP contribution < -0.4 is 10.6 Å². The molecule has 19 heavy (non-hydrogen) atoms. The highest BCUT2D eigenvalue weighted by Crippen LogP contribution is 2.06. The number of nitrogens with zero attached hydrogens (tertiary/aromatic N) is 3. The summed E-state index contributed by atoms with van der Waals surface area (Å²) < 4.78 is 0. The second-order valence-corrected chi connectivity index (χ2v) is 3.97. The van der Waals surface area contributed by atoms with E-state index in [1.807, 2.05) is 0 Å². The van der Waals surface area contributed by atoms with Crippen molar-refractivity contribution in [1.82, 2.24) is 25.5 Å². The summed E-state index contributed by atoms with van der Waals surface area (Å²) in [5.74, 6) is 0.652. The minimum atomic E-state index is -0.172. The molecule has 0 bridgehead atoms. The van der Waals surface area contributed by atoms with Crippen molar-refractivity contribution < 1.29 is 4.79 Å². The van der Waals surface area contributed by atoms with E-state index in [1.54, 1.807) is 25.4 Å². The van der Waals surface area contributed by atoms with Crippen LogP contribution in [0.1, 0.15) is 22.7 Å². The Bertz CT molecular complexity index is 525. The highest BCUT2D eigenvalue weighted by Gasteiger charge is 2.06. The summed E-state index contributed by atoms with van der Waals surface area (Å²) in [7, 11) is 1.80. The van der Waals surface area contributed by atoms with Crippen LogP contribution in [0.5, 0.6) is 0 Å². The quantitative estimate of drug-likeness (QED) is 0.661. The van der Waals surface area contributed by atoms with Crippen LogP contribution in [-0.4, -0.2) is 39.7 Å².